The Morgan fingerprint density at radius 3 is 1.03 bits per heavy atom. The Morgan fingerprint density at radius 1 is 0.500 bits per heavy atom. The van der Waals surface area contributed by atoms with Crippen LogP contribution in [0.1, 0.15) is 145 Å². The maximum atomic E-state index is 12.1. The van der Waals surface area contributed by atoms with Crippen LogP contribution < -0.4 is 34.5 Å². The summed E-state index contributed by atoms with van der Waals surface area (Å²) in [6.45, 7) is 18.7. The molecule has 6 heteroatoms. The van der Waals surface area contributed by atoms with Gasteiger partial charge in [0.05, 0.1) is 13.2 Å². The van der Waals surface area contributed by atoms with Gasteiger partial charge in [0.2, 0.25) is 0 Å². The van der Waals surface area contributed by atoms with Crippen LogP contribution in [0.25, 0.3) is 0 Å². The Hall–Kier alpha value is 1.11. The molecule has 4 nitrogen and oxygen atoms in total. The minimum Gasteiger partial charge on any atom is -0.756 e. The van der Waals surface area contributed by atoms with E-state index in [0.717, 1.165) is 49.4 Å². The molecular formula is C30H62NaO4P. The topological polar surface area (TPSA) is 58.6 Å². The molecule has 0 N–H and O–H groups in total. The first-order chi connectivity index (χ1) is 16.4. The van der Waals surface area contributed by atoms with Crippen LogP contribution in [0.15, 0.2) is 0 Å². The SMILES string of the molecule is CC(C)CCCC(C)CCCC(C)CCOP(=O)([O-])OCCC(C)CCCC(C)CCCC(C)C.[Na+]. The van der Waals surface area contributed by atoms with Gasteiger partial charge in [-0.15, -0.1) is 0 Å². The third kappa shape index (κ3) is 26.7. The van der Waals surface area contributed by atoms with E-state index in [0.29, 0.717) is 11.8 Å². The van der Waals surface area contributed by atoms with Gasteiger partial charge in [-0.05, 0) is 48.3 Å². The average Bonchev–Trinajstić information content (AvgIpc) is 2.73. The molecule has 0 amide bonds. The van der Waals surface area contributed by atoms with E-state index in [-0.39, 0.29) is 42.8 Å². The van der Waals surface area contributed by atoms with Crippen LogP contribution in [0.3, 0.4) is 0 Å². The summed E-state index contributed by atoms with van der Waals surface area (Å²) in [6.07, 6.45) is 16.7. The Kier molecular flexibility index (Phi) is 26.1. The van der Waals surface area contributed by atoms with Crippen molar-refractivity contribution < 1.29 is 48.1 Å². The fraction of sp³-hybridized carbons (Fsp3) is 1.00. The molecule has 0 aromatic heterocycles. The van der Waals surface area contributed by atoms with Gasteiger partial charge in [0.25, 0.3) is 7.82 Å². The van der Waals surface area contributed by atoms with Crippen molar-refractivity contribution in [2.75, 3.05) is 13.2 Å². The summed E-state index contributed by atoms with van der Waals surface area (Å²) in [4.78, 5) is 12.1. The molecule has 36 heavy (non-hydrogen) atoms. The van der Waals surface area contributed by atoms with Crippen LogP contribution in [0, 0.1) is 35.5 Å². The molecule has 4 unspecified atom stereocenters. The third-order valence-corrected chi connectivity index (χ3v) is 8.46. The van der Waals surface area contributed by atoms with Gasteiger partial charge in [0.1, 0.15) is 0 Å². The molecule has 0 aliphatic heterocycles. The fourth-order valence-electron chi connectivity index (χ4n) is 4.72. The smallest absolute Gasteiger partial charge is 0.756 e. The van der Waals surface area contributed by atoms with E-state index >= 15 is 0 Å². The van der Waals surface area contributed by atoms with Crippen LogP contribution in [0.4, 0.5) is 0 Å². The van der Waals surface area contributed by atoms with Crippen LogP contribution >= 0.6 is 7.82 Å². The van der Waals surface area contributed by atoms with Crippen molar-refractivity contribution in [2.45, 2.75) is 145 Å². The zero-order valence-corrected chi connectivity index (χ0v) is 28.8. The molecule has 0 saturated heterocycles. The van der Waals surface area contributed by atoms with Gasteiger partial charge in [-0.25, -0.2) is 0 Å². The minimum atomic E-state index is -4.18. The summed E-state index contributed by atoms with van der Waals surface area (Å²) in [5.74, 6) is 4.13. The monoisotopic (exact) mass is 540 g/mol. The van der Waals surface area contributed by atoms with Crippen molar-refractivity contribution in [1.29, 1.82) is 0 Å². The molecule has 0 radical (unpaired) electrons. The molecule has 0 heterocycles. The molecule has 0 aromatic carbocycles. The van der Waals surface area contributed by atoms with Crippen LogP contribution in [0.5, 0.6) is 0 Å². The second-order valence-corrected chi connectivity index (χ2v) is 14.0. The number of phosphoric acid groups is 1. The maximum Gasteiger partial charge on any atom is 1.00 e. The van der Waals surface area contributed by atoms with Crippen molar-refractivity contribution in [2.24, 2.45) is 35.5 Å². The largest absolute Gasteiger partial charge is 1.00 e. The van der Waals surface area contributed by atoms with E-state index in [4.69, 9.17) is 9.05 Å². The molecule has 0 fully saturated rings. The summed E-state index contributed by atoms with van der Waals surface area (Å²) in [6, 6.07) is 0. The number of hydrogen-bond donors (Lipinski definition) is 0. The van der Waals surface area contributed by atoms with Crippen LogP contribution in [-0.2, 0) is 13.6 Å². The van der Waals surface area contributed by atoms with Crippen molar-refractivity contribution in [3.63, 3.8) is 0 Å². The van der Waals surface area contributed by atoms with E-state index in [2.05, 4.69) is 55.4 Å². The van der Waals surface area contributed by atoms with Gasteiger partial charge in [-0.3, -0.25) is 4.57 Å². The van der Waals surface area contributed by atoms with E-state index in [1.807, 2.05) is 0 Å². The van der Waals surface area contributed by atoms with E-state index in [9.17, 15) is 9.46 Å². The van der Waals surface area contributed by atoms with Crippen LogP contribution in [0.2, 0.25) is 0 Å². The number of rotatable bonds is 24. The number of phosphoric ester groups is 1. The predicted octanol–water partition coefficient (Wildman–Crippen LogP) is 6.81. The van der Waals surface area contributed by atoms with Gasteiger partial charge < -0.3 is 13.9 Å². The van der Waals surface area contributed by atoms with Gasteiger partial charge in [-0.2, -0.15) is 0 Å². The zero-order valence-electron chi connectivity index (χ0n) is 25.9. The Bertz CT molecular complexity index is 487. The molecule has 0 bridgehead atoms. The molecule has 0 aliphatic carbocycles. The second kappa shape index (κ2) is 24.0. The normalized spacial score (nSPS) is 17.0. The Labute approximate surface area is 248 Å². The molecule has 4 atom stereocenters. The molecule has 0 aromatic rings. The van der Waals surface area contributed by atoms with E-state index in [1.165, 1.54) is 64.2 Å². The van der Waals surface area contributed by atoms with Crippen LogP contribution in [-0.4, -0.2) is 13.2 Å². The van der Waals surface area contributed by atoms with Crippen molar-refractivity contribution in [1.82, 2.24) is 0 Å². The molecule has 212 valence electrons. The van der Waals surface area contributed by atoms with Gasteiger partial charge in [0.15, 0.2) is 0 Å². The molecule has 0 spiro atoms. The van der Waals surface area contributed by atoms with Crippen molar-refractivity contribution >= 4 is 7.82 Å². The van der Waals surface area contributed by atoms with Gasteiger partial charge in [0, 0.05) is 0 Å². The Balaban J connectivity index is 0. The second-order valence-electron chi connectivity index (χ2n) is 12.6. The standard InChI is InChI=1S/C30H63O4P.Na/c1-25(2)13-9-15-27(5)17-11-19-29(7)21-23-33-35(31,32)34-24-22-30(8)20-12-18-28(6)16-10-14-26(3)4;/h25-30H,9-24H2,1-8H3,(H,31,32);/q;+1/p-1. The Morgan fingerprint density at radius 2 is 0.750 bits per heavy atom. The molecule has 0 rings (SSSR count). The third-order valence-electron chi connectivity index (χ3n) is 7.46. The first-order valence-corrected chi connectivity index (χ1v) is 16.5. The van der Waals surface area contributed by atoms with Crippen molar-refractivity contribution in [3.8, 4) is 0 Å². The molecule has 0 aliphatic rings. The van der Waals surface area contributed by atoms with E-state index < -0.39 is 7.82 Å². The quantitative estimate of drug-likeness (QED) is 0.0997. The molecular weight excluding hydrogens is 478 g/mol. The maximum absolute atomic E-state index is 12.1. The van der Waals surface area contributed by atoms with Crippen molar-refractivity contribution in [3.05, 3.63) is 0 Å². The first-order valence-electron chi connectivity index (χ1n) is 15.0. The number of hydrogen-bond acceptors (Lipinski definition) is 4. The van der Waals surface area contributed by atoms with Gasteiger partial charge >= 0.3 is 29.6 Å². The average molecular weight is 541 g/mol. The summed E-state index contributed by atoms with van der Waals surface area (Å²) in [5.41, 5.74) is 0. The summed E-state index contributed by atoms with van der Waals surface area (Å²) in [5, 5.41) is 0. The summed E-state index contributed by atoms with van der Waals surface area (Å²) < 4.78 is 22.3. The minimum absolute atomic E-state index is 0. The van der Waals surface area contributed by atoms with E-state index in [1.54, 1.807) is 0 Å². The van der Waals surface area contributed by atoms with Gasteiger partial charge in [-0.1, -0.05) is 132 Å². The summed E-state index contributed by atoms with van der Waals surface area (Å²) >= 11 is 0. The first kappa shape index (κ1) is 39.3. The fourth-order valence-corrected chi connectivity index (χ4v) is 5.46. The zero-order chi connectivity index (χ0) is 26.7. The molecule has 0 saturated carbocycles. The predicted molar refractivity (Wildman–Crippen MR) is 150 cm³/mol. The summed E-state index contributed by atoms with van der Waals surface area (Å²) in [7, 11) is -4.18.